The fourth-order valence-electron chi connectivity index (χ4n) is 2.85. The summed E-state index contributed by atoms with van der Waals surface area (Å²) < 4.78 is 0. The van der Waals surface area contributed by atoms with Gasteiger partial charge in [0.1, 0.15) is 0 Å². The van der Waals surface area contributed by atoms with Crippen LogP contribution in [0.4, 0.5) is 11.6 Å². The van der Waals surface area contributed by atoms with E-state index in [1.54, 1.807) is 18.2 Å². The van der Waals surface area contributed by atoms with Crippen LogP contribution >= 0.6 is 0 Å². The molecule has 1 fully saturated rings. The average Bonchev–Trinajstić information content (AvgIpc) is 2.94. The molecule has 4 N–H and O–H groups in total. The van der Waals surface area contributed by atoms with Gasteiger partial charge in [0, 0.05) is 18.8 Å². The highest BCUT2D eigenvalue weighted by molar-refractivity contribution is 5.81. The van der Waals surface area contributed by atoms with Gasteiger partial charge in [0.2, 0.25) is 5.95 Å². The number of aromatic amines is 1. The van der Waals surface area contributed by atoms with Crippen LogP contribution in [-0.4, -0.2) is 41.0 Å². The number of nitrogen functional groups attached to an aromatic ring is 1. The van der Waals surface area contributed by atoms with Gasteiger partial charge in [-0.2, -0.15) is 0 Å². The average molecular weight is 287 g/mol. The molecule has 0 radical (unpaired) electrons. The summed E-state index contributed by atoms with van der Waals surface area (Å²) in [6.45, 7) is 6.38. The standard InChI is InChI=1S/C15H21N5O/c1-2-20-6-5-10(9-20)8-17-15-18-13-4-3-11(16)7-12(13)14(21)19-15/h3-4,7,10H,2,5-6,8-9,16H2,1H3,(H2,17,18,19,21). The zero-order chi connectivity index (χ0) is 14.8. The van der Waals surface area contributed by atoms with Gasteiger partial charge in [-0.3, -0.25) is 9.78 Å². The fraction of sp³-hybridized carbons (Fsp3) is 0.467. The lowest BCUT2D eigenvalue weighted by molar-refractivity contribution is 0.345. The molecule has 112 valence electrons. The first-order chi connectivity index (χ1) is 10.2. The molecule has 0 bridgehead atoms. The van der Waals surface area contributed by atoms with Gasteiger partial charge >= 0.3 is 0 Å². The number of aromatic nitrogens is 2. The van der Waals surface area contributed by atoms with Gasteiger partial charge in [-0.15, -0.1) is 0 Å². The van der Waals surface area contributed by atoms with Crippen LogP contribution in [0.15, 0.2) is 23.0 Å². The lowest BCUT2D eigenvalue weighted by atomic mass is 10.1. The Morgan fingerprint density at radius 1 is 1.52 bits per heavy atom. The number of nitrogens with two attached hydrogens (primary N) is 1. The zero-order valence-electron chi connectivity index (χ0n) is 12.2. The Morgan fingerprint density at radius 3 is 3.14 bits per heavy atom. The molecule has 0 spiro atoms. The molecule has 1 saturated heterocycles. The maximum absolute atomic E-state index is 12.0. The summed E-state index contributed by atoms with van der Waals surface area (Å²) >= 11 is 0. The molecule has 1 unspecified atom stereocenters. The summed E-state index contributed by atoms with van der Waals surface area (Å²) in [5.41, 5.74) is 6.78. The first-order valence-electron chi connectivity index (χ1n) is 7.41. The maximum Gasteiger partial charge on any atom is 0.260 e. The number of anilines is 2. The van der Waals surface area contributed by atoms with Gasteiger partial charge in [0.05, 0.1) is 10.9 Å². The maximum atomic E-state index is 12.0. The molecule has 1 aliphatic heterocycles. The minimum absolute atomic E-state index is 0.156. The smallest absolute Gasteiger partial charge is 0.260 e. The van der Waals surface area contributed by atoms with Crippen molar-refractivity contribution in [3.8, 4) is 0 Å². The Morgan fingerprint density at radius 2 is 2.38 bits per heavy atom. The fourth-order valence-corrected chi connectivity index (χ4v) is 2.85. The van der Waals surface area contributed by atoms with E-state index in [1.807, 2.05) is 0 Å². The quantitative estimate of drug-likeness (QED) is 0.737. The number of H-pyrrole nitrogens is 1. The summed E-state index contributed by atoms with van der Waals surface area (Å²) in [6.07, 6.45) is 1.19. The van der Waals surface area contributed by atoms with Crippen molar-refractivity contribution < 1.29 is 0 Å². The molecular formula is C15H21N5O. The Balaban J connectivity index is 1.73. The third kappa shape index (κ3) is 3.00. The minimum atomic E-state index is -0.156. The predicted octanol–water partition coefficient (Wildman–Crippen LogP) is 1.26. The van der Waals surface area contributed by atoms with Crippen LogP contribution in [0.25, 0.3) is 10.9 Å². The number of rotatable bonds is 4. The van der Waals surface area contributed by atoms with Gasteiger partial charge < -0.3 is 16.0 Å². The second kappa shape index (κ2) is 5.73. The van der Waals surface area contributed by atoms with Crippen molar-refractivity contribution in [2.24, 2.45) is 5.92 Å². The predicted molar refractivity (Wildman–Crippen MR) is 85.5 cm³/mol. The largest absolute Gasteiger partial charge is 0.399 e. The third-order valence-corrected chi connectivity index (χ3v) is 4.10. The Labute approximate surface area is 123 Å². The number of nitrogens with zero attached hydrogens (tertiary/aromatic N) is 2. The molecule has 2 aromatic rings. The van der Waals surface area contributed by atoms with E-state index in [4.69, 9.17) is 5.73 Å². The molecule has 0 saturated carbocycles. The number of hydrogen-bond donors (Lipinski definition) is 3. The summed E-state index contributed by atoms with van der Waals surface area (Å²) in [4.78, 5) is 21.7. The topological polar surface area (TPSA) is 87.0 Å². The Hall–Kier alpha value is -2.08. The van der Waals surface area contributed by atoms with Gasteiger partial charge in [-0.25, -0.2) is 4.98 Å². The highest BCUT2D eigenvalue weighted by atomic mass is 16.1. The summed E-state index contributed by atoms with van der Waals surface area (Å²) in [5, 5.41) is 3.78. The number of nitrogens with one attached hydrogen (secondary N) is 2. The molecule has 2 heterocycles. The summed E-state index contributed by atoms with van der Waals surface area (Å²) in [5.74, 6) is 1.14. The third-order valence-electron chi connectivity index (χ3n) is 4.10. The van der Waals surface area contributed by atoms with E-state index in [9.17, 15) is 4.79 Å². The van der Waals surface area contributed by atoms with Crippen LogP contribution in [0.1, 0.15) is 13.3 Å². The minimum Gasteiger partial charge on any atom is -0.399 e. The van der Waals surface area contributed by atoms with Gasteiger partial charge in [-0.05, 0) is 43.6 Å². The lowest BCUT2D eigenvalue weighted by Gasteiger charge is -2.14. The van der Waals surface area contributed by atoms with E-state index >= 15 is 0 Å². The highest BCUT2D eigenvalue weighted by Crippen LogP contribution is 2.17. The van der Waals surface area contributed by atoms with Crippen LogP contribution in [0.3, 0.4) is 0 Å². The van der Waals surface area contributed by atoms with Crippen LogP contribution in [-0.2, 0) is 0 Å². The normalized spacial score (nSPS) is 19.2. The summed E-state index contributed by atoms with van der Waals surface area (Å²) in [6, 6.07) is 5.19. The molecule has 21 heavy (non-hydrogen) atoms. The van der Waals surface area contributed by atoms with Gasteiger partial charge in [-0.1, -0.05) is 6.92 Å². The van der Waals surface area contributed by atoms with E-state index in [-0.39, 0.29) is 5.56 Å². The van der Waals surface area contributed by atoms with E-state index < -0.39 is 0 Å². The number of benzene rings is 1. The van der Waals surface area contributed by atoms with E-state index in [1.165, 1.54) is 6.42 Å². The van der Waals surface area contributed by atoms with Crippen molar-refractivity contribution in [2.45, 2.75) is 13.3 Å². The molecule has 6 heteroatoms. The van der Waals surface area contributed by atoms with Crippen LogP contribution in [0.2, 0.25) is 0 Å². The van der Waals surface area contributed by atoms with Crippen molar-refractivity contribution >= 4 is 22.5 Å². The zero-order valence-corrected chi connectivity index (χ0v) is 12.2. The van der Waals surface area contributed by atoms with E-state index in [0.29, 0.717) is 28.5 Å². The van der Waals surface area contributed by atoms with Crippen LogP contribution in [0.5, 0.6) is 0 Å². The van der Waals surface area contributed by atoms with Gasteiger partial charge in [0.25, 0.3) is 5.56 Å². The first kappa shape index (κ1) is 13.9. The van der Waals surface area contributed by atoms with Crippen molar-refractivity contribution in [3.63, 3.8) is 0 Å². The van der Waals surface area contributed by atoms with Gasteiger partial charge in [0.15, 0.2) is 0 Å². The Kier molecular flexibility index (Phi) is 3.79. The van der Waals surface area contributed by atoms with E-state index in [0.717, 1.165) is 26.2 Å². The Bertz CT molecular complexity index is 696. The molecule has 0 amide bonds. The second-order valence-corrected chi connectivity index (χ2v) is 5.62. The number of likely N-dealkylation sites (tertiary alicyclic amines) is 1. The highest BCUT2D eigenvalue weighted by Gasteiger charge is 2.20. The molecule has 1 aromatic heterocycles. The van der Waals surface area contributed by atoms with Crippen molar-refractivity contribution in [1.82, 2.24) is 14.9 Å². The van der Waals surface area contributed by atoms with Crippen LogP contribution in [0, 0.1) is 5.92 Å². The van der Waals surface area contributed by atoms with E-state index in [2.05, 4.69) is 27.1 Å². The molecule has 1 aromatic carbocycles. The molecule has 1 aliphatic rings. The molecule has 3 rings (SSSR count). The summed E-state index contributed by atoms with van der Waals surface area (Å²) in [7, 11) is 0. The monoisotopic (exact) mass is 287 g/mol. The van der Waals surface area contributed by atoms with Crippen molar-refractivity contribution in [3.05, 3.63) is 28.6 Å². The molecule has 0 aliphatic carbocycles. The number of fused-ring (bicyclic) bond motifs is 1. The first-order valence-corrected chi connectivity index (χ1v) is 7.41. The SMILES string of the molecule is CCN1CCC(CNc2nc3ccc(N)cc3c(=O)[nH]2)C1. The van der Waals surface area contributed by atoms with Crippen molar-refractivity contribution in [1.29, 1.82) is 0 Å². The second-order valence-electron chi connectivity index (χ2n) is 5.62. The molecule has 1 atom stereocenters. The van der Waals surface area contributed by atoms with Crippen molar-refractivity contribution in [2.75, 3.05) is 37.2 Å². The molecular weight excluding hydrogens is 266 g/mol. The number of hydrogen-bond acceptors (Lipinski definition) is 5. The molecule has 6 nitrogen and oxygen atoms in total. The lowest BCUT2D eigenvalue weighted by Crippen LogP contribution is -2.23. The van der Waals surface area contributed by atoms with Crippen LogP contribution < -0.4 is 16.6 Å².